The predicted octanol–water partition coefficient (Wildman–Crippen LogP) is 1.73. The van der Waals surface area contributed by atoms with Crippen molar-refractivity contribution < 1.29 is 4.74 Å². The van der Waals surface area contributed by atoms with Crippen LogP contribution in [0.15, 0.2) is 36.9 Å². The molecule has 2 aromatic heterocycles. The van der Waals surface area contributed by atoms with E-state index < -0.39 is 0 Å². The smallest absolute Gasteiger partial charge is 0.137 e. The zero-order valence-electron chi connectivity index (χ0n) is 8.34. The topological polar surface area (TPSA) is 61.0 Å². The standard InChI is InChI=1S/C11H11N3O/c1-15-9-4-8(5-14-6-9)10-2-3-13-7-11(10)12/h2-7H,12H2,1H3. The fourth-order valence-corrected chi connectivity index (χ4v) is 1.35. The number of methoxy groups -OCH3 is 1. The van der Waals surface area contributed by atoms with E-state index in [1.54, 1.807) is 31.9 Å². The second-order valence-electron chi connectivity index (χ2n) is 3.08. The van der Waals surface area contributed by atoms with Crippen molar-refractivity contribution in [3.8, 4) is 16.9 Å². The molecule has 0 amide bonds. The Morgan fingerprint density at radius 2 is 2.07 bits per heavy atom. The molecule has 0 fully saturated rings. The van der Waals surface area contributed by atoms with Crippen molar-refractivity contribution >= 4 is 5.69 Å². The molecular weight excluding hydrogens is 190 g/mol. The Morgan fingerprint density at radius 1 is 1.20 bits per heavy atom. The Morgan fingerprint density at radius 3 is 2.80 bits per heavy atom. The van der Waals surface area contributed by atoms with Crippen molar-refractivity contribution in [2.75, 3.05) is 12.8 Å². The second kappa shape index (κ2) is 3.96. The van der Waals surface area contributed by atoms with E-state index in [4.69, 9.17) is 10.5 Å². The lowest BCUT2D eigenvalue weighted by molar-refractivity contribution is 0.413. The number of pyridine rings is 2. The first-order valence-electron chi connectivity index (χ1n) is 4.50. The number of hydrogen-bond donors (Lipinski definition) is 1. The van der Waals surface area contributed by atoms with Gasteiger partial charge >= 0.3 is 0 Å². The molecule has 2 N–H and O–H groups in total. The number of nitrogens with two attached hydrogens (primary N) is 1. The highest BCUT2D eigenvalue weighted by Gasteiger charge is 2.03. The number of hydrogen-bond acceptors (Lipinski definition) is 4. The van der Waals surface area contributed by atoms with Crippen molar-refractivity contribution in [2.45, 2.75) is 0 Å². The Kier molecular flexibility index (Phi) is 2.49. The molecule has 0 unspecified atom stereocenters. The van der Waals surface area contributed by atoms with E-state index in [2.05, 4.69) is 9.97 Å². The number of anilines is 1. The third-order valence-electron chi connectivity index (χ3n) is 2.11. The molecule has 0 aliphatic heterocycles. The van der Waals surface area contributed by atoms with Crippen LogP contribution in [0.4, 0.5) is 5.69 Å². The summed E-state index contributed by atoms with van der Waals surface area (Å²) in [6, 6.07) is 3.74. The average Bonchev–Trinajstić information content (AvgIpc) is 2.30. The molecule has 0 saturated heterocycles. The van der Waals surface area contributed by atoms with Gasteiger partial charge in [0.25, 0.3) is 0 Å². The van der Waals surface area contributed by atoms with Gasteiger partial charge in [-0.25, -0.2) is 0 Å². The Hall–Kier alpha value is -2.10. The molecule has 0 aromatic carbocycles. The average molecular weight is 201 g/mol. The largest absolute Gasteiger partial charge is 0.495 e. The highest BCUT2D eigenvalue weighted by molar-refractivity contribution is 5.75. The molecule has 4 heteroatoms. The molecule has 4 nitrogen and oxygen atoms in total. The zero-order valence-corrected chi connectivity index (χ0v) is 8.34. The van der Waals surface area contributed by atoms with Gasteiger partial charge in [0, 0.05) is 23.5 Å². The minimum Gasteiger partial charge on any atom is -0.495 e. The van der Waals surface area contributed by atoms with Gasteiger partial charge in [-0.05, 0) is 12.1 Å². The van der Waals surface area contributed by atoms with Gasteiger partial charge in [-0.2, -0.15) is 0 Å². The van der Waals surface area contributed by atoms with Crippen LogP contribution in [0.1, 0.15) is 0 Å². The highest BCUT2D eigenvalue weighted by atomic mass is 16.5. The SMILES string of the molecule is COc1cncc(-c2ccncc2N)c1. The van der Waals surface area contributed by atoms with Gasteiger partial charge in [-0.15, -0.1) is 0 Å². The van der Waals surface area contributed by atoms with E-state index in [0.717, 1.165) is 11.1 Å². The van der Waals surface area contributed by atoms with Gasteiger partial charge in [0.2, 0.25) is 0 Å². The maximum Gasteiger partial charge on any atom is 0.137 e. The van der Waals surface area contributed by atoms with E-state index >= 15 is 0 Å². The molecule has 76 valence electrons. The molecule has 2 heterocycles. The minimum atomic E-state index is 0.632. The molecule has 0 saturated carbocycles. The van der Waals surface area contributed by atoms with Crippen LogP contribution in [-0.2, 0) is 0 Å². The fraction of sp³-hybridized carbons (Fsp3) is 0.0909. The highest BCUT2D eigenvalue weighted by Crippen LogP contribution is 2.26. The van der Waals surface area contributed by atoms with Crippen LogP contribution in [0.3, 0.4) is 0 Å². The molecule has 0 aliphatic carbocycles. The van der Waals surface area contributed by atoms with Gasteiger partial charge < -0.3 is 10.5 Å². The van der Waals surface area contributed by atoms with Crippen LogP contribution < -0.4 is 10.5 Å². The normalized spacial score (nSPS) is 9.93. The van der Waals surface area contributed by atoms with E-state index in [-0.39, 0.29) is 0 Å². The Labute approximate surface area is 87.7 Å². The van der Waals surface area contributed by atoms with Crippen LogP contribution >= 0.6 is 0 Å². The Balaban J connectivity index is 2.49. The maximum absolute atomic E-state index is 5.81. The quantitative estimate of drug-likeness (QED) is 0.803. The fourth-order valence-electron chi connectivity index (χ4n) is 1.35. The first-order valence-corrected chi connectivity index (χ1v) is 4.50. The Bertz CT molecular complexity index is 471. The zero-order chi connectivity index (χ0) is 10.7. The van der Waals surface area contributed by atoms with E-state index in [0.29, 0.717) is 11.4 Å². The van der Waals surface area contributed by atoms with Crippen molar-refractivity contribution in [1.82, 2.24) is 9.97 Å². The third kappa shape index (κ3) is 1.88. The molecule has 2 rings (SSSR count). The number of nitrogen functional groups attached to an aromatic ring is 1. The first-order chi connectivity index (χ1) is 7.31. The number of ether oxygens (including phenoxy) is 1. The lowest BCUT2D eigenvalue weighted by Gasteiger charge is -2.05. The van der Waals surface area contributed by atoms with Crippen LogP contribution in [0, 0.1) is 0 Å². The summed E-state index contributed by atoms with van der Waals surface area (Å²) in [6.07, 6.45) is 6.72. The lowest BCUT2D eigenvalue weighted by Crippen LogP contribution is -1.92. The van der Waals surface area contributed by atoms with Crippen molar-refractivity contribution in [3.63, 3.8) is 0 Å². The van der Waals surface area contributed by atoms with Gasteiger partial charge in [0.1, 0.15) is 5.75 Å². The van der Waals surface area contributed by atoms with E-state index in [1.165, 1.54) is 0 Å². The predicted molar refractivity (Wildman–Crippen MR) is 58.4 cm³/mol. The van der Waals surface area contributed by atoms with E-state index in [9.17, 15) is 0 Å². The van der Waals surface area contributed by atoms with Crippen molar-refractivity contribution in [2.24, 2.45) is 0 Å². The van der Waals surface area contributed by atoms with Crippen molar-refractivity contribution in [1.29, 1.82) is 0 Å². The van der Waals surface area contributed by atoms with Gasteiger partial charge in [-0.3, -0.25) is 9.97 Å². The lowest BCUT2D eigenvalue weighted by atomic mass is 10.1. The summed E-state index contributed by atoms with van der Waals surface area (Å²) < 4.78 is 5.10. The molecule has 2 aromatic rings. The molecule has 0 spiro atoms. The molecule has 15 heavy (non-hydrogen) atoms. The van der Waals surface area contributed by atoms with Crippen LogP contribution in [0.5, 0.6) is 5.75 Å². The second-order valence-corrected chi connectivity index (χ2v) is 3.08. The monoisotopic (exact) mass is 201 g/mol. The molecule has 0 aliphatic rings. The summed E-state index contributed by atoms with van der Waals surface area (Å²) in [4.78, 5) is 8.01. The number of rotatable bonds is 2. The molecule has 0 radical (unpaired) electrons. The summed E-state index contributed by atoms with van der Waals surface area (Å²) in [5.74, 6) is 0.712. The van der Waals surface area contributed by atoms with E-state index in [1.807, 2.05) is 12.1 Å². The summed E-state index contributed by atoms with van der Waals surface area (Å²) in [5, 5.41) is 0. The maximum atomic E-state index is 5.81. The minimum absolute atomic E-state index is 0.632. The molecular formula is C11H11N3O. The first kappa shape index (κ1) is 9.45. The summed E-state index contributed by atoms with van der Waals surface area (Å²) in [5.41, 5.74) is 8.28. The third-order valence-corrected chi connectivity index (χ3v) is 2.11. The van der Waals surface area contributed by atoms with Gasteiger partial charge in [0.05, 0.1) is 25.2 Å². The number of aromatic nitrogens is 2. The van der Waals surface area contributed by atoms with Crippen LogP contribution in [0.2, 0.25) is 0 Å². The molecule has 0 atom stereocenters. The van der Waals surface area contributed by atoms with Crippen molar-refractivity contribution in [3.05, 3.63) is 36.9 Å². The van der Waals surface area contributed by atoms with Crippen LogP contribution in [-0.4, -0.2) is 17.1 Å². The summed E-state index contributed by atoms with van der Waals surface area (Å²) >= 11 is 0. The summed E-state index contributed by atoms with van der Waals surface area (Å²) in [7, 11) is 1.61. The van der Waals surface area contributed by atoms with Crippen LogP contribution in [0.25, 0.3) is 11.1 Å². The van der Waals surface area contributed by atoms with Gasteiger partial charge in [0.15, 0.2) is 0 Å². The van der Waals surface area contributed by atoms with Gasteiger partial charge in [-0.1, -0.05) is 0 Å². The molecule has 0 bridgehead atoms. The summed E-state index contributed by atoms with van der Waals surface area (Å²) in [6.45, 7) is 0. The number of nitrogens with zero attached hydrogens (tertiary/aromatic N) is 2.